The van der Waals surface area contributed by atoms with E-state index in [1.54, 1.807) is 36.5 Å². The lowest BCUT2D eigenvalue weighted by Crippen LogP contribution is -2.23. The molecule has 1 aromatic heterocycles. The van der Waals surface area contributed by atoms with Gasteiger partial charge in [-0.25, -0.2) is 9.07 Å². The van der Waals surface area contributed by atoms with Crippen LogP contribution in [0.3, 0.4) is 0 Å². The number of carbonyl (C=O) groups excluding carboxylic acids is 2. The second kappa shape index (κ2) is 7.18. The number of nitrogens with one attached hydrogen (secondary N) is 2. The molecule has 1 unspecified atom stereocenters. The molecule has 0 bridgehead atoms. The first-order chi connectivity index (χ1) is 14.6. The fraction of sp³-hybridized carbons (Fsp3) is 0.190. The number of nitrogens with zero attached hydrogens (tertiary/aromatic N) is 2. The summed E-state index contributed by atoms with van der Waals surface area (Å²) in [5.41, 5.74) is 1.94. The van der Waals surface area contributed by atoms with Crippen molar-refractivity contribution in [3.8, 4) is 22.6 Å². The van der Waals surface area contributed by atoms with Gasteiger partial charge in [0.1, 0.15) is 30.9 Å². The van der Waals surface area contributed by atoms with Crippen molar-refractivity contribution >= 4 is 23.3 Å². The van der Waals surface area contributed by atoms with E-state index in [0.29, 0.717) is 41.8 Å². The van der Waals surface area contributed by atoms with Crippen molar-refractivity contribution < 1.29 is 23.5 Å². The summed E-state index contributed by atoms with van der Waals surface area (Å²) in [5, 5.41) is 9.82. The predicted octanol–water partition coefficient (Wildman–Crippen LogP) is 2.98. The molecule has 0 aliphatic carbocycles. The van der Waals surface area contributed by atoms with Gasteiger partial charge < -0.3 is 20.1 Å². The van der Waals surface area contributed by atoms with Gasteiger partial charge in [0.2, 0.25) is 5.91 Å². The van der Waals surface area contributed by atoms with Gasteiger partial charge in [0.05, 0.1) is 12.6 Å². The summed E-state index contributed by atoms with van der Waals surface area (Å²) in [5.74, 6) is 0.682. The summed E-state index contributed by atoms with van der Waals surface area (Å²) in [6.45, 7) is 0.937. The van der Waals surface area contributed by atoms with Crippen LogP contribution in [0.5, 0.6) is 11.5 Å². The van der Waals surface area contributed by atoms with Gasteiger partial charge >= 0.3 is 0 Å². The lowest BCUT2D eigenvalue weighted by molar-refractivity contribution is -0.123. The molecule has 0 radical (unpaired) electrons. The predicted molar refractivity (Wildman–Crippen MR) is 106 cm³/mol. The quantitative estimate of drug-likeness (QED) is 0.692. The molecule has 0 saturated heterocycles. The molecule has 0 saturated carbocycles. The fourth-order valence-electron chi connectivity index (χ4n) is 3.56. The van der Waals surface area contributed by atoms with Gasteiger partial charge in [-0.3, -0.25) is 9.59 Å². The molecule has 152 valence electrons. The Morgan fingerprint density at radius 2 is 1.93 bits per heavy atom. The maximum Gasteiger partial charge on any atom is 0.251 e. The molecule has 9 heteroatoms. The average Bonchev–Trinajstić information content (AvgIpc) is 3.28. The molecule has 30 heavy (non-hydrogen) atoms. The molecule has 0 spiro atoms. The first kappa shape index (κ1) is 18.2. The highest BCUT2D eigenvalue weighted by Crippen LogP contribution is 2.36. The number of carbonyl (C=O) groups is 2. The minimum Gasteiger partial charge on any atom is -0.486 e. The van der Waals surface area contributed by atoms with Crippen LogP contribution in [0.1, 0.15) is 12.5 Å². The number of hydrogen-bond acceptors (Lipinski definition) is 5. The fourth-order valence-corrected chi connectivity index (χ4v) is 3.56. The third-order valence-corrected chi connectivity index (χ3v) is 4.99. The Kier molecular flexibility index (Phi) is 4.35. The van der Waals surface area contributed by atoms with Crippen molar-refractivity contribution in [3.63, 3.8) is 0 Å². The first-order valence-corrected chi connectivity index (χ1v) is 9.42. The van der Waals surface area contributed by atoms with Crippen LogP contribution in [0.4, 0.5) is 15.9 Å². The Morgan fingerprint density at radius 1 is 1.17 bits per heavy atom. The summed E-state index contributed by atoms with van der Waals surface area (Å²) in [6.07, 6.45) is 1.51. The highest BCUT2D eigenvalue weighted by atomic mass is 19.1. The van der Waals surface area contributed by atoms with Crippen molar-refractivity contribution in [1.29, 1.82) is 0 Å². The van der Waals surface area contributed by atoms with E-state index in [1.807, 2.05) is 0 Å². The Labute approximate surface area is 170 Å². The Morgan fingerprint density at radius 3 is 2.73 bits per heavy atom. The minimum atomic E-state index is -0.772. The van der Waals surface area contributed by atoms with Crippen molar-refractivity contribution in [2.45, 2.75) is 12.5 Å². The largest absolute Gasteiger partial charge is 0.486 e. The van der Waals surface area contributed by atoms with Crippen LogP contribution in [0.25, 0.3) is 11.1 Å². The smallest absolute Gasteiger partial charge is 0.251 e. The van der Waals surface area contributed by atoms with Crippen LogP contribution in [0.15, 0.2) is 48.7 Å². The third kappa shape index (κ3) is 3.24. The Hall–Kier alpha value is -3.88. The lowest BCUT2D eigenvalue weighted by atomic mass is 10.1. The second-order valence-corrected chi connectivity index (χ2v) is 6.97. The minimum absolute atomic E-state index is 0.0855. The summed E-state index contributed by atoms with van der Waals surface area (Å²) < 4.78 is 25.7. The standard InChI is InChI=1S/C21H17FN4O4/c22-13-3-1-12(2-4-13)15-11-23-26-16(21(28)25-20(15)26)10-19(27)24-14-5-6-17-18(9-14)30-8-7-29-17/h1-6,9,11,16H,7-8,10H2,(H,24,27)(H,25,28). The van der Waals surface area contributed by atoms with E-state index in [0.717, 1.165) is 5.56 Å². The zero-order valence-electron chi connectivity index (χ0n) is 15.7. The number of aromatic nitrogens is 2. The van der Waals surface area contributed by atoms with E-state index in [4.69, 9.17) is 9.47 Å². The summed E-state index contributed by atoms with van der Waals surface area (Å²) >= 11 is 0. The summed E-state index contributed by atoms with van der Waals surface area (Å²) in [7, 11) is 0. The summed E-state index contributed by atoms with van der Waals surface area (Å²) in [4.78, 5) is 25.0. The average molecular weight is 408 g/mol. The Bertz CT molecular complexity index is 1140. The highest BCUT2D eigenvalue weighted by Gasteiger charge is 2.35. The summed E-state index contributed by atoms with van der Waals surface area (Å²) in [6, 6.07) is 10.3. The maximum absolute atomic E-state index is 13.2. The molecule has 5 rings (SSSR count). The van der Waals surface area contributed by atoms with E-state index in [2.05, 4.69) is 15.7 Å². The molecule has 0 fully saturated rings. The van der Waals surface area contributed by atoms with Crippen molar-refractivity contribution in [2.24, 2.45) is 0 Å². The van der Waals surface area contributed by atoms with Crippen molar-refractivity contribution in [3.05, 3.63) is 54.5 Å². The molecular weight excluding hydrogens is 391 g/mol. The number of hydrogen-bond donors (Lipinski definition) is 2. The monoisotopic (exact) mass is 408 g/mol. The zero-order valence-corrected chi connectivity index (χ0v) is 15.7. The number of amides is 2. The maximum atomic E-state index is 13.2. The van der Waals surface area contributed by atoms with E-state index >= 15 is 0 Å². The number of halogens is 1. The Balaban J connectivity index is 1.32. The van der Waals surface area contributed by atoms with Crippen LogP contribution in [-0.4, -0.2) is 34.8 Å². The third-order valence-electron chi connectivity index (χ3n) is 4.99. The molecular formula is C21H17FN4O4. The second-order valence-electron chi connectivity index (χ2n) is 6.97. The molecule has 2 aromatic carbocycles. The van der Waals surface area contributed by atoms with Crippen LogP contribution in [-0.2, 0) is 9.59 Å². The van der Waals surface area contributed by atoms with Gasteiger partial charge in [0.15, 0.2) is 11.5 Å². The first-order valence-electron chi connectivity index (χ1n) is 9.42. The van der Waals surface area contributed by atoms with Crippen molar-refractivity contribution in [1.82, 2.24) is 9.78 Å². The van der Waals surface area contributed by atoms with E-state index in [-0.39, 0.29) is 24.1 Å². The normalized spacial score (nSPS) is 16.7. The van der Waals surface area contributed by atoms with Gasteiger partial charge in [-0.2, -0.15) is 5.10 Å². The van der Waals surface area contributed by atoms with Gasteiger partial charge in [0.25, 0.3) is 5.91 Å². The molecule has 1 atom stereocenters. The number of benzene rings is 2. The van der Waals surface area contributed by atoms with Crippen LogP contribution in [0.2, 0.25) is 0 Å². The molecule has 8 nitrogen and oxygen atoms in total. The topological polar surface area (TPSA) is 94.5 Å². The van der Waals surface area contributed by atoms with Crippen molar-refractivity contribution in [2.75, 3.05) is 23.8 Å². The van der Waals surface area contributed by atoms with Gasteiger partial charge in [0, 0.05) is 17.3 Å². The molecule has 2 aliphatic heterocycles. The number of ether oxygens (including phenoxy) is 2. The van der Waals surface area contributed by atoms with E-state index in [9.17, 15) is 14.0 Å². The molecule has 3 heterocycles. The number of fused-ring (bicyclic) bond motifs is 2. The van der Waals surface area contributed by atoms with Gasteiger partial charge in [-0.15, -0.1) is 0 Å². The molecule has 2 amide bonds. The molecule has 2 aliphatic rings. The van der Waals surface area contributed by atoms with Crippen LogP contribution < -0.4 is 20.1 Å². The number of rotatable bonds is 4. The van der Waals surface area contributed by atoms with E-state index < -0.39 is 6.04 Å². The molecule has 2 N–H and O–H groups in total. The van der Waals surface area contributed by atoms with Gasteiger partial charge in [-0.05, 0) is 29.8 Å². The zero-order chi connectivity index (χ0) is 20.7. The SMILES string of the molecule is O=C(CC1C(=O)Nc2c(-c3ccc(F)cc3)cnn21)Nc1ccc2c(c1)OCCO2. The van der Waals surface area contributed by atoms with Crippen LogP contribution in [0, 0.1) is 5.82 Å². The number of anilines is 2. The lowest BCUT2D eigenvalue weighted by Gasteiger charge is -2.19. The highest BCUT2D eigenvalue weighted by molar-refractivity contribution is 6.04. The molecule has 3 aromatic rings. The van der Waals surface area contributed by atoms with E-state index in [1.165, 1.54) is 16.8 Å². The van der Waals surface area contributed by atoms with Gasteiger partial charge in [-0.1, -0.05) is 12.1 Å². The van der Waals surface area contributed by atoms with Crippen LogP contribution >= 0.6 is 0 Å².